The topological polar surface area (TPSA) is 88.9 Å². The number of likely N-dealkylation sites (tertiary alicyclic amines) is 1. The van der Waals surface area contributed by atoms with Crippen LogP contribution in [0.2, 0.25) is 0 Å². The summed E-state index contributed by atoms with van der Waals surface area (Å²) in [7, 11) is 5.43. The van der Waals surface area contributed by atoms with E-state index in [0.29, 0.717) is 18.4 Å². The first-order chi connectivity index (χ1) is 23.2. The van der Waals surface area contributed by atoms with Crippen LogP contribution in [0.5, 0.6) is 0 Å². The molecule has 2 saturated heterocycles. The third-order valence-corrected chi connectivity index (χ3v) is 9.98. The fourth-order valence-corrected chi connectivity index (χ4v) is 6.84. The summed E-state index contributed by atoms with van der Waals surface area (Å²) in [6.07, 6.45) is 8.01. The summed E-state index contributed by atoms with van der Waals surface area (Å²) in [4.78, 5) is 43.3. The van der Waals surface area contributed by atoms with Crippen molar-refractivity contribution in [3.63, 3.8) is 0 Å². The van der Waals surface area contributed by atoms with Gasteiger partial charge in [0.1, 0.15) is 0 Å². The maximum atomic E-state index is 14.0. The van der Waals surface area contributed by atoms with Gasteiger partial charge in [-0.1, -0.05) is 48.5 Å². The second-order valence-electron chi connectivity index (χ2n) is 13.6. The van der Waals surface area contributed by atoms with Crippen LogP contribution in [0.4, 0.5) is 5.69 Å². The Morgan fingerprint density at radius 1 is 0.917 bits per heavy atom. The first-order valence-electron chi connectivity index (χ1n) is 17.5. The zero-order valence-electron chi connectivity index (χ0n) is 29.1. The Bertz CT molecular complexity index is 1590. The number of benzene rings is 3. The Kier molecular flexibility index (Phi) is 12.4. The average molecular weight is 650 g/mol. The number of allylic oxidation sites excluding steroid dienone is 2. The summed E-state index contributed by atoms with van der Waals surface area (Å²) >= 11 is 0. The quantitative estimate of drug-likeness (QED) is 0.0817. The summed E-state index contributed by atoms with van der Waals surface area (Å²) in [6, 6.07) is 24.1. The number of amides is 1. The van der Waals surface area contributed by atoms with Gasteiger partial charge in [0.05, 0.1) is 12.7 Å². The predicted molar refractivity (Wildman–Crippen MR) is 194 cm³/mol. The maximum Gasteiger partial charge on any atom is 0.337 e. The number of Topliss-reactive ketones (excluding diaryl/α,β-unsaturated/α-hetero) is 1. The minimum absolute atomic E-state index is 0.112. The van der Waals surface area contributed by atoms with E-state index in [2.05, 4.69) is 41.5 Å². The number of carbonyl (C=O) groups excluding carboxylic acids is 3. The molecule has 1 unspecified atom stereocenters. The normalized spacial score (nSPS) is 17.0. The highest BCUT2D eigenvalue weighted by molar-refractivity contribution is 6.28. The second kappa shape index (κ2) is 16.8. The number of esters is 1. The molecule has 7 heteroatoms. The van der Waals surface area contributed by atoms with Gasteiger partial charge in [-0.05, 0) is 130 Å². The Morgan fingerprint density at radius 3 is 2.27 bits per heavy atom. The molecule has 2 fully saturated rings. The van der Waals surface area contributed by atoms with E-state index in [9.17, 15) is 14.4 Å². The van der Waals surface area contributed by atoms with E-state index in [-0.39, 0.29) is 17.7 Å². The minimum atomic E-state index is -0.392. The molecule has 0 bridgehead atoms. The molecule has 1 N–H and O–H groups in total. The van der Waals surface area contributed by atoms with Crippen LogP contribution in [0.25, 0.3) is 11.1 Å². The van der Waals surface area contributed by atoms with Gasteiger partial charge in [0.25, 0.3) is 0 Å². The number of hydrogen-bond acceptors (Lipinski definition) is 6. The van der Waals surface area contributed by atoms with Gasteiger partial charge in [-0.3, -0.25) is 9.59 Å². The van der Waals surface area contributed by atoms with Crippen LogP contribution in [0.1, 0.15) is 84.0 Å². The number of ether oxygens (including phenoxy) is 1. The predicted octanol–water partition coefficient (Wildman–Crippen LogP) is 7.12. The van der Waals surface area contributed by atoms with Crippen LogP contribution in [-0.4, -0.2) is 69.4 Å². The summed E-state index contributed by atoms with van der Waals surface area (Å²) in [6.45, 7) is 5.14. The molecule has 3 aromatic rings. The van der Waals surface area contributed by atoms with E-state index in [1.165, 1.54) is 25.5 Å². The van der Waals surface area contributed by atoms with Gasteiger partial charge in [-0.2, -0.15) is 0 Å². The van der Waals surface area contributed by atoms with Gasteiger partial charge in [0, 0.05) is 43.7 Å². The van der Waals surface area contributed by atoms with Gasteiger partial charge >= 0.3 is 5.97 Å². The van der Waals surface area contributed by atoms with Crippen molar-refractivity contribution in [3.8, 4) is 0 Å². The molecular formula is C41H51N3O4. The number of nitrogens with one attached hydrogen (secondary N) is 1. The van der Waals surface area contributed by atoms with E-state index in [4.69, 9.17) is 4.74 Å². The number of carbonyl (C=O) groups is 3. The lowest BCUT2D eigenvalue weighted by molar-refractivity contribution is -0.118. The highest BCUT2D eigenvalue weighted by Crippen LogP contribution is 2.35. The molecule has 0 aliphatic carbocycles. The van der Waals surface area contributed by atoms with Crippen molar-refractivity contribution in [1.29, 1.82) is 0 Å². The lowest BCUT2D eigenvalue weighted by Crippen LogP contribution is -2.30. The SMILES string of the molecule is COC(=O)c1ccc(/C(C(=O)CC2CN2)=C(/CCCc2ccc(N(C)C(=O)CCCC3CCN(C)CC3)cc2)c2ccccc2)c(C)c1. The average Bonchev–Trinajstić information content (AvgIpc) is 3.93. The molecule has 0 spiro atoms. The number of ketones is 1. The first kappa shape index (κ1) is 35.2. The third kappa shape index (κ3) is 9.51. The molecular weight excluding hydrogens is 598 g/mol. The number of hydrogen-bond donors (Lipinski definition) is 1. The molecule has 2 aliphatic heterocycles. The molecule has 5 rings (SSSR count). The molecule has 1 amide bonds. The lowest BCUT2D eigenvalue weighted by atomic mass is 9.85. The summed E-state index contributed by atoms with van der Waals surface area (Å²) in [5.74, 6) is 0.635. The molecule has 7 nitrogen and oxygen atoms in total. The van der Waals surface area contributed by atoms with Gasteiger partial charge in [-0.15, -0.1) is 0 Å². The van der Waals surface area contributed by atoms with Crippen LogP contribution in [0.15, 0.2) is 72.8 Å². The van der Waals surface area contributed by atoms with Crippen LogP contribution < -0.4 is 10.2 Å². The van der Waals surface area contributed by atoms with Crippen molar-refractivity contribution in [2.24, 2.45) is 5.92 Å². The summed E-state index contributed by atoms with van der Waals surface area (Å²) < 4.78 is 4.94. The molecule has 1 atom stereocenters. The zero-order chi connectivity index (χ0) is 34.0. The van der Waals surface area contributed by atoms with Crippen LogP contribution in [0.3, 0.4) is 0 Å². The molecule has 2 aliphatic rings. The van der Waals surface area contributed by atoms with Crippen molar-refractivity contribution in [1.82, 2.24) is 10.2 Å². The number of aryl methyl sites for hydroxylation is 2. The first-order valence-corrected chi connectivity index (χ1v) is 17.5. The van der Waals surface area contributed by atoms with Crippen molar-refractivity contribution in [3.05, 3.63) is 101 Å². The van der Waals surface area contributed by atoms with Crippen LogP contribution >= 0.6 is 0 Å². The summed E-state index contributed by atoms with van der Waals surface area (Å²) in [5.41, 5.74) is 7.10. The third-order valence-electron chi connectivity index (χ3n) is 9.98. The highest BCUT2D eigenvalue weighted by Gasteiger charge is 2.28. The molecule has 48 heavy (non-hydrogen) atoms. The molecule has 0 saturated carbocycles. The van der Waals surface area contributed by atoms with Gasteiger partial charge < -0.3 is 19.9 Å². The molecule has 2 heterocycles. The van der Waals surface area contributed by atoms with Crippen molar-refractivity contribution >= 4 is 34.5 Å². The van der Waals surface area contributed by atoms with Crippen LogP contribution in [-0.2, 0) is 20.7 Å². The number of methoxy groups -OCH3 is 1. The van der Waals surface area contributed by atoms with E-state index >= 15 is 0 Å². The van der Waals surface area contributed by atoms with Gasteiger partial charge in [-0.25, -0.2) is 4.79 Å². The minimum Gasteiger partial charge on any atom is -0.465 e. The fourth-order valence-electron chi connectivity index (χ4n) is 6.84. The van der Waals surface area contributed by atoms with Crippen molar-refractivity contribution in [2.75, 3.05) is 45.7 Å². The largest absolute Gasteiger partial charge is 0.465 e. The van der Waals surface area contributed by atoms with Crippen molar-refractivity contribution < 1.29 is 19.1 Å². The molecule has 254 valence electrons. The maximum absolute atomic E-state index is 14.0. The fraction of sp³-hybridized carbons (Fsp3) is 0.439. The Labute approximate surface area is 286 Å². The monoisotopic (exact) mass is 649 g/mol. The molecule has 3 aromatic carbocycles. The zero-order valence-corrected chi connectivity index (χ0v) is 29.1. The smallest absolute Gasteiger partial charge is 0.337 e. The molecule has 0 radical (unpaired) electrons. The second-order valence-corrected chi connectivity index (χ2v) is 13.6. The lowest BCUT2D eigenvalue weighted by Gasteiger charge is -2.29. The van der Waals surface area contributed by atoms with E-state index < -0.39 is 5.97 Å². The Balaban J connectivity index is 1.28. The number of rotatable bonds is 15. The summed E-state index contributed by atoms with van der Waals surface area (Å²) in [5, 5.41) is 3.27. The van der Waals surface area contributed by atoms with E-state index in [1.807, 2.05) is 56.4 Å². The van der Waals surface area contributed by atoms with Crippen molar-refractivity contribution in [2.45, 2.75) is 70.8 Å². The number of anilines is 1. The highest BCUT2D eigenvalue weighted by atomic mass is 16.5. The van der Waals surface area contributed by atoms with Gasteiger partial charge in [0.15, 0.2) is 5.78 Å². The van der Waals surface area contributed by atoms with E-state index in [1.54, 1.807) is 11.0 Å². The Morgan fingerprint density at radius 2 is 1.62 bits per heavy atom. The number of piperidine rings is 1. The number of nitrogens with zero attached hydrogens (tertiary/aromatic N) is 2. The Hall–Kier alpha value is -4.07. The standard InChI is InChI=1S/C41H51N3O4/c1-29-26-33(41(47)48-4)18-21-36(29)40(38(45)27-34-28-42-34)37(32-12-6-5-7-13-32)14-8-10-30-16-19-35(20-17-30)44(3)39(46)15-9-11-31-22-24-43(2)25-23-31/h5-7,12-13,16-21,26,31,34,42H,8-11,14-15,22-25,27-28H2,1-4H3/b40-37+. The van der Waals surface area contributed by atoms with Gasteiger partial charge in [0.2, 0.25) is 5.91 Å². The van der Waals surface area contributed by atoms with E-state index in [0.717, 1.165) is 91.2 Å². The molecule has 0 aromatic heterocycles. The van der Waals surface area contributed by atoms with Crippen LogP contribution in [0, 0.1) is 12.8 Å².